The van der Waals surface area contributed by atoms with E-state index in [0.29, 0.717) is 6.04 Å². The standard InChI is InChI=1S/C19H30N2/c1-4-20-18-11-12-21(19-8-6-5-7-17(18)19)16-10-9-14(2)15(3)13-16/h5-8,14-16,18,20H,4,9-13H2,1-3H3. The molecule has 4 unspecified atom stereocenters. The lowest BCUT2D eigenvalue weighted by atomic mass is 9.78. The summed E-state index contributed by atoms with van der Waals surface area (Å²) in [5, 5.41) is 3.65. The van der Waals surface area contributed by atoms with E-state index in [4.69, 9.17) is 0 Å². The molecule has 116 valence electrons. The van der Waals surface area contributed by atoms with Crippen molar-refractivity contribution >= 4 is 5.69 Å². The second-order valence-corrected chi connectivity index (χ2v) is 7.07. The molecule has 1 saturated carbocycles. The number of anilines is 1. The van der Waals surface area contributed by atoms with Gasteiger partial charge in [-0.3, -0.25) is 0 Å². The summed E-state index contributed by atoms with van der Waals surface area (Å²) in [6.07, 6.45) is 5.36. The molecule has 1 aromatic rings. The molecule has 0 amide bonds. The van der Waals surface area contributed by atoms with Crippen LogP contribution in [0.5, 0.6) is 0 Å². The van der Waals surface area contributed by atoms with Crippen LogP contribution >= 0.6 is 0 Å². The van der Waals surface area contributed by atoms with Crippen LogP contribution in [0.25, 0.3) is 0 Å². The molecule has 0 radical (unpaired) electrons. The molecule has 1 N–H and O–H groups in total. The third-order valence-electron chi connectivity index (χ3n) is 5.74. The molecule has 1 aliphatic heterocycles. The fraction of sp³-hybridized carbons (Fsp3) is 0.684. The van der Waals surface area contributed by atoms with E-state index in [2.05, 4.69) is 55.3 Å². The lowest BCUT2D eigenvalue weighted by Crippen LogP contribution is -2.45. The number of hydrogen-bond acceptors (Lipinski definition) is 2. The van der Waals surface area contributed by atoms with Crippen molar-refractivity contribution in [1.82, 2.24) is 5.32 Å². The van der Waals surface area contributed by atoms with Gasteiger partial charge < -0.3 is 10.2 Å². The Labute approximate surface area is 129 Å². The van der Waals surface area contributed by atoms with Crippen LogP contribution in [0.2, 0.25) is 0 Å². The van der Waals surface area contributed by atoms with Gasteiger partial charge >= 0.3 is 0 Å². The van der Waals surface area contributed by atoms with Crippen LogP contribution in [0.3, 0.4) is 0 Å². The Kier molecular flexibility index (Phi) is 4.54. The number of fused-ring (bicyclic) bond motifs is 1. The molecule has 2 heteroatoms. The van der Waals surface area contributed by atoms with Crippen molar-refractivity contribution in [2.75, 3.05) is 18.0 Å². The van der Waals surface area contributed by atoms with E-state index >= 15 is 0 Å². The zero-order valence-electron chi connectivity index (χ0n) is 13.8. The highest BCUT2D eigenvalue weighted by Gasteiger charge is 2.32. The minimum absolute atomic E-state index is 0.544. The van der Waals surface area contributed by atoms with Gasteiger partial charge in [0.25, 0.3) is 0 Å². The maximum atomic E-state index is 3.65. The molecule has 4 atom stereocenters. The molecule has 2 aliphatic rings. The van der Waals surface area contributed by atoms with Gasteiger partial charge in [-0.15, -0.1) is 0 Å². The van der Waals surface area contributed by atoms with Gasteiger partial charge in [-0.05, 0) is 55.7 Å². The summed E-state index contributed by atoms with van der Waals surface area (Å²) in [6.45, 7) is 9.33. The summed E-state index contributed by atoms with van der Waals surface area (Å²) in [5.74, 6) is 1.76. The quantitative estimate of drug-likeness (QED) is 0.887. The molecular formula is C19H30N2. The Balaban J connectivity index is 1.82. The average molecular weight is 286 g/mol. The lowest BCUT2D eigenvalue weighted by Gasteiger charge is -2.45. The molecular weight excluding hydrogens is 256 g/mol. The smallest absolute Gasteiger partial charge is 0.0417 e. The second kappa shape index (κ2) is 6.39. The molecule has 1 aliphatic carbocycles. The SMILES string of the molecule is CCNC1CCN(C2CCC(C)C(C)C2)c2ccccc21. The van der Waals surface area contributed by atoms with Crippen LogP contribution < -0.4 is 10.2 Å². The second-order valence-electron chi connectivity index (χ2n) is 7.07. The Hall–Kier alpha value is -1.02. The number of nitrogens with one attached hydrogen (secondary N) is 1. The van der Waals surface area contributed by atoms with Crippen molar-refractivity contribution in [2.45, 2.75) is 58.5 Å². The third kappa shape index (κ3) is 2.96. The van der Waals surface area contributed by atoms with Crippen molar-refractivity contribution in [3.63, 3.8) is 0 Å². The van der Waals surface area contributed by atoms with Gasteiger partial charge in [-0.25, -0.2) is 0 Å². The first-order valence-electron chi connectivity index (χ1n) is 8.79. The predicted octanol–water partition coefficient (Wildman–Crippen LogP) is 4.37. The van der Waals surface area contributed by atoms with Crippen molar-refractivity contribution in [1.29, 1.82) is 0 Å². The minimum Gasteiger partial charge on any atom is -0.368 e. The van der Waals surface area contributed by atoms with E-state index in [9.17, 15) is 0 Å². The van der Waals surface area contributed by atoms with Crippen LogP contribution in [0.15, 0.2) is 24.3 Å². The molecule has 1 heterocycles. The Morgan fingerprint density at radius 3 is 2.67 bits per heavy atom. The van der Waals surface area contributed by atoms with E-state index in [-0.39, 0.29) is 0 Å². The summed E-state index contributed by atoms with van der Waals surface area (Å²) >= 11 is 0. The number of rotatable bonds is 3. The molecule has 2 nitrogen and oxygen atoms in total. The van der Waals surface area contributed by atoms with Gasteiger partial charge in [0.1, 0.15) is 0 Å². The maximum absolute atomic E-state index is 3.65. The highest BCUT2D eigenvalue weighted by atomic mass is 15.2. The first-order chi connectivity index (χ1) is 10.2. The Morgan fingerprint density at radius 1 is 1.10 bits per heavy atom. The molecule has 1 fully saturated rings. The Morgan fingerprint density at radius 2 is 1.90 bits per heavy atom. The lowest BCUT2D eigenvalue weighted by molar-refractivity contribution is 0.240. The van der Waals surface area contributed by atoms with Gasteiger partial charge in [0.15, 0.2) is 0 Å². The van der Waals surface area contributed by atoms with Crippen LogP contribution in [0.4, 0.5) is 5.69 Å². The van der Waals surface area contributed by atoms with Crippen LogP contribution in [-0.4, -0.2) is 19.1 Å². The molecule has 0 bridgehead atoms. The fourth-order valence-electron chi connectivity index (χ4n) is 4.23. The first kappa shape index (κ1) is 14.9. The summed E-state index contributed by atoms with van der Waals surface area (Å²) in [6, 6.07) is 10.3. The normalized spacial score (nSPS) is 32.8. The van der Waals surface area contributed by atoms with Crippen molar-refractivity contribution in [3.8, 4) is 0 Å². The highest BCUT2D eigenvalue weighted by molar-refractivity contribution is 5.57. The van der Waals surface area contributed by atoms with E-state index < -0.39 is 0 Å². The zero-order valence-corrected chi connectivity index (χ0v) is 13.8. The van der Waals surface area contributed by atoms with Gasteiger partial charge in [0, 0.05) is 24.3 Å². The number of para-hydroxylation sites is 1. The first-order valence-corrected chi connectivity index (χ1v) is 8.79. The van der Waals surface area contributed by atoms with Crippen LogP contribution in [-0.2, 0) is 0 Å². The summed E-state index contributed by atoms with van der Waals surface area (Å²) in [4.78, 5) is 2.71. The zero-order chi connectivity index (χ0) is 14.8. The summed E-state index contributed by atoms with van der Waals surface area (Å²) in [5.41, 5.74) is 3.00. The largest absolute Gasteiger partial charge is 0.368 e. The molecule has 3 rings (SSSR count). The fourth-order valence-corrected chi connectivity index (χ4v) is 4.23. The van der Waals surface area contributed by atoms with E-state index in [0.717, 1.165) is 24.4 Å². The van der Waals surface area contributed by atoms with Gasteiger partial charge in [-0.2, -0.15) is 0 Å². The van der Waals surface area contributed by atoms with Crippen molar-refractivity contribution in [3.05, 3.63) is 29.8 Å². The number of nitrogens with zero attached hydrogens (tertiary/aromatic N) is 1. The summed E-state index contributed by atoms with van der Waals surface area (Å²) in [7, 11) is 0. The van der Waals surface area contributed by atoms with E-state index in [1.54, 1.807) is 0 Å². The third-order valence-corrected chi connectivity index (χ3v) is 5.74. The van der Waals surface area contributed by atoms with Crippen molar-refractivity contribution in [2.24, 2.45) is 11.8 Å². The molecule has 0 aromatic heterocycles. The van der Waals surface area contributed by atoms with Crippen molar-refractivity contribution < 1.29 is 0 Å². The molecule has 1 aromatic carbocycles. The maximum Gasteiger partial charge on any atom is 0.0417 e. The topological polar surface area (TPSA) is 15.3 Å². The van der Waals surface area contributed by atoms with E-state index in [1.807, 2.05) is 0 Å². The number of hydrogen-bond donors (Lipinski definition) is 1. The summed E-state index contributed by atoms with van der Waals surface area (Å²) < 4.78 is 0. The average Bonchev–Trinajstić information content (AvgIpc) is 2.51. The highest BCUT2D eigenvalue weighted by Crippen LogP contribution is 2.39. The molecule has 0 saturated heterocycles. The minimum atomic E-state index is 0.544. The predicted molar refractivity (Wildman–Crippen MR) is 90.8 cm³/mol. The van der Waals surface area contributed by atoms with Crippen LogP contribution in [0.1, 0.15) is 58.1 Å². The van der Waals surface area contributed by atoms with Gasteiger partial charge in [0.05, 0.1) is 0 Å². The Bertz CT molecular complexity index is 470. The van der Waals surface area contributed by atoms with Crippen LogP contribution in [0, 0.1) is 11.8 Å². The molecule has 21 heavy (non-hydrogen) atoms. The molecule has 0 spiro atoms. The van der Waals surface area contributed by atoms with Gasteiger partial charge in [-0.1, -0.05) is 39.0 Å². The number of benzene rings is 1. The van der Waals surface area contributed by atoms with Gasteiger partial charge in [0.2, 0.25) is 0 Å². The van der Waals surface area contributed by atoms with E-state index in [1.165, 1.54) is 43.5 Å². The monoisotopic (exact) mass is 286 g/mol.